The van der Waals surface area contributed by atoms with Crippen molar-refractivity contribution in [2.45, 2.75) is 50.9 Å². The quantitative estimate of drug-likeness (QED) is 0.341. The van der Waals surface area contributed by atoms with Gasteiger partial charge in [0.05, 0.1) is 7.11 Å². The Morgan fingerprint density at radius 1 is 1.09 bits per heavy atom. The van der Waals surface area contributed by atoms with Crippen LogP contribution in [-0.2, 0) is 27.2 Å². The number of benzene rings is 2. The van der Waals surface area contributed by atoms with Crippen molar-refractivity contribution >= 4 is 11.9 Å². The Hall–Kier alpha value is -3.20. The van der Waals surface area contributed by atoms with Gasteiger partial charge < -0.3 is 19.3 Å². The SMILES string of the molecule is COc1cccc(CCc2ccccc2O[C@@H](C[C@H](C)OC(=O)CC(F)(F)C(=O)O)N(C)C)c1. The van der Waals surface area contributed by atoms with Crippen LogP contribution in [0.5, 0.6) is 11.5 Å². The maximum Gasteiger partial charge on any atom is 0.375 e. The van der Waals surface area contributed by atoms with Gasteiger partial charge in [-0.25, -0.2) is 4.79 Å². The van der Waals surface area contributed by atoms with E-state index in [1.165, 1.54) is 0 Å². The standard InChI is InChI=1S/C25H31F2NO6/c1-17(33-23(29)16-25(26,27)24(30)31)14-22(28(2)3)34-21-11-6-5-9-19(21)13-12-18-8-7-10-20(15-18)32-4/h5-11,15,17,22H,12-14,16H2,1-4H3,(H,30,31)/t17-,22-/m0/s1. The number of esters is 1. The summed E-state index contributed by atoms with van der Waals surface area (Å²) in [5.41, 5.74) is 2.11. The zero-order valence-electron chi connectivity index (χ0n) is 19.8. The minimum absolute atomic E-state index is 0.196. The first-order chi connectivity index (χ1) is 16.0. The molecule has 0 heterocycles. The maximum atomic E-state index is 13.3. The predicted octanol–water partition coefficient (Wildman–Crippen LogP) is 4.18. The minimum Gasteiger partial charge on any atom is -0.497 e. The zero-order chi connectivity index (χ0) is 25.3. The van der Waals surface area contributed by atoms with Crippen molar-refractivity contribution in [3.63, 3.8) is 0 Å². The Bertz CT molecular complexity index is 966. The van der Waals surface area contributed by atoms with Gasteiger partial charge in [0.2, 0.25) is 0 Å². The largest absolute Gasteiger partial charge is 0.497 e. The molecular formula is C25H31F2NO6. The van der Waals surface area contributed by atoms with Crippen molar-refractivity contribution in [3.05, 3.63) is 59.7 Å². The molecule has 0 saturated heterocycles. The molecular weight excluding hydrogens is 448 g/mol. The highest BCUT2D eigenvalue weighted by atomic mass is 19.3. The van der Waals surface area contributed by atoms with E-state index in [0.717, 1.165) is 29.7 Å². The number of para-hydroxylation sites is 1. The number of ether oxygens (including phenoxy) is 3. The molecule has 9 heteroatoms. The van der Waals surface area contributed by atoms with Gasteiger partial charge in [0.15, 0.2) is 6.23 Å². The van der Waals surface area contributed by atoms with Crippen LogP contribution < -0.4 is 9.47 Å². The molecule has 7 nitrogen and oxygen atoms in total. The van der Waals surface area contributed by atoms with Gasteiger partial charge in [-0.05, 0) is 63.2 Å². The first-order valence-electron chi connectivity index (χ1n) is 10.9. The summed E-state index contributed by atoms with van der Waals surface area (Å²) >= 11 is 0. The second-order valence-electron chi connectivity index (χ2n) is 8.22. The third kappa shape index (κ3) is 8.30. The molecule has 186 valence electrons. The topological polar surface area (TPSA) is 85.3 Å². The Morgan fingerprint density at radius 2 is 1.79 bits per heavy atom. The van der Waals surface area contributed by atoms with Gasteiger partial charge in [-0.2, -0.15) is 8.78 Å². The number of hydrogen-bond acceptors (Lipinski definition) is 6. The summed E-state index contributed by atoms with van der Waals surface area (Å²) < 4.78 is 43.0. The summed E-state index contributed by atoms with van der Waals surface area (Å²) in [7, 11) is 5.20. The van der Waals surface area contributed by atoms with Gasteiger partial charge in [-0.3, -0.25) is 9.69 Å². The third-order valence-electron chi connectivity index (χ3n) is 5.17. The summed E-state index contributed by atoms with van der Waals surface area (Å²) in [5, 5.41) is 8.48. The van der Waals surface area contributed by atoms with E-state index in [0.29, 0.717) is 5.75 Å². The number of carbonyl (C=O) groups is 2. The molecule has 0 amide bonds. The minimum atomic E-state index is -4.17. The van der Waals surface area contributed by atoms with E-state index < -0.39 is 36.6 Å². The fraction of sp³-hybridized carbons (Fsp3) is 0.440. The molecule has 0 aromatic heterocycles. The average Bonchev–Trinajstić information content (AvgIpc) is 2.77. The number of aliphatic carboxylic acids is 1. The third-order valence-corrected chi connectivity index (χ3v) is 5.17. The molecule has 2 aromatic rings. The maximum absolute atomic E-state index is 13.3. The smallest absolute Gasteiger partial charge is 0.375 e. The molecule has 0 fully saturated rings. The Kier molecular flexibility index (Phi) is 9.80. The van der Waals surface area contributed by atoms with E-state index in [9.17, 15) is 18.4 Å². The van der Waals surface area contributed by atoms with Gasteiger partial charge in [-0.15, -0.1) is 0 Å². The second kappa shape index (κ2) is 12.3. The number of methoxy groups -OCH3 is 1. The van der Waals surface area contributed by atoms with Gasteiger partial charge in [0.1, 0.15) is 24.0 Å². The van der Waals surface area contributed by atoms with Crippen LogP contribution in [-0.4, -0.2) is 61.4 Å². The van der Waals surface area contributed by atoms with E-state index in [-0.39, 0.29) is 6.42 Å². The van der Waals surface area contributed by atoms with Gasteiger partial charge in [0, 0.05) is 6.42 Å². The molecule has 34 heavy (non-hydrogen) atoms. The molecule has 1 N–H and O–H groups in total. The van der Waals surface area contributed by atoms with E-state index in [2.05, 4.69) is 0 Å². The lowest BCUT2D eigenvalue weighted by Gasteiger charge is -2.28. The van der Waals surface area contributed by atoms with E-state index in [1.807, 2.05) is 48.5 Å². The molecule has 0 unspecified atom stereocenters. The van der Waals surface area contributed by atoms with Gasteiger partial charge in [-0.1, -0.05) is 30.3 Å². The average molecular weight is 480 g/mol. The summed E-state index contributed by atoms with van der Waals surface area (Å²) in [4.78, 5) is 24.1. The summed E-state index contributed by atoms with van der Waals surface area (Å²) in [6.07, 6.45) is -1.11. The van der Waals surface area contributed by atoms with Crippen molar-refractivity contribution < 1.29 is 37.7 Å². The van der Waals surface area contributed by atoms with Crippen molar-refractivity contribution in [2.24, 2.45) is 0 Å². The van der Waals surface area contributed by atoms with Crippen LogP contribution >= 0.6 is 0 Å². The normalized spacial score (nSPS) is 13.3. The predicted molar refractivity (Wildman–Crippen MR) is 122 cm³/mol. The summed E-state index contributed by atoms with van der Waals surface area (Å²) in [5.74, 6) is -6.36. The van der Waals surface area contributed by atoms with Crippen molar-refractivity contribution in [1.82, 2.24) is 4.90 Å². The van der Waals surface area contributed by atoms with Gasteiger partial charge in [0.25, 0.3) is 0 Å². The number of carbonyl (C=O) groups excluding carboxylic acids is 1. The number of alkyl halides is 2. The number of nitrogens with zero attached hydrogens (tertiary/aromatic N) is 1. The monoisotopic (exact) mass is 479 g/mol. The van der Waals surface area contributed by atoms with Crippen LogP contribution in [0.2, 0.25) is 0 Å². The fourth-order valence-corrected chi connectivity index (χ4v) is 3.30. The van der Waals surface area contributed by atoms with Crippen LogP contribution in [0.25, 0.3) is 0 Å². The Morgan fingerprint density at radius 3 is 2.44 bits per heavy atom. The second-order valence-corrected chi connectivity index (χ2v) is 8.22. The molecule has 0 aliphatic rings. The van der Waals surface area contributed by atoms with E-state index in [4.69, 9.17) is 19.3 Å². The Labute approximate surface area is 198 Å². The number of carboxylic acids is 1. The van der Waals surface area contributed by atoms with Crippen molar-refractivity contribution in [1.29, 1.82) is 0 Å². The molecule has 2 rings (SSSR count). The summed E-state index contributed by atoms with van der Waals surface area (Å²) in [6, 6.07) is 15.4. The lowest BCUT2D eigenvalue weighted by molar-refractivity contribution is -0.175. The molecule has 0 spiro atoms. The zero-order valence-corrected chi connectivity index (χ0v) is 19.8. The highest BCUT2D eigenvalue weighted by Gasteiger charge is 2.42. The van der Waals surface area contributed by atoms with Gasteiger partial charge >= 0.3 is 17.9 Å². The number of rotatable bonds is 13. The number of aryl methyl sites for hydroxylation is 2. The number of halogens is 2. The first kappa shape index (κ1) is 27.0. The molecule has 0 saturated carbocycles. The van der Waals surface area contributed by atoms with Crippen LogP contribution in [0.15, 0.2) is 48.5 Å². The molecule has 0 radical (unpaired) electrons. The number of carboxylic acid groups (broad SMARTS) is 1. The van der Waals surface area contributed by atoms with Crippen LogP contribution in [0, 0.1) is 0 Å². The fourth-order valence-electron chi connectivity index (χ4n) is 3.30. The summed E-state index contributed by atoms with van der Waals surface area (Å²) in [6.45, 7) is 1.55. The number of hydrogen-bond donors (Lipinski definition) is 1. The highest BCUT2D eigenvalue weighted by Crippen LogP contribution is 2.25. The molecule has 0 bridgehead atoms. The molecule has 0 aliphatic heterocycles. The van der Waals surface area contributed by atoms with Crippen LogP contribution in [0.4, 0.5) is 8.78 Å². The van der Waals surface area contributed by atoms with Crippen molar-refractivity contribution in [3.8, 4) is 11.5 Å². The van der Waals surface area contributed by atoms with Crippen molar-refractivity contribution in [2.75, 3.05) is 21.2 Å². The molecule has 0 aliphatic carbocycles. The highest BCUT2D eigenvalue weighted by molar-refractivity contribution is 5.82. The van der Waals surface area contributed by atoms with Crippen LogP contribution in [0.3, 0.4) is 0 Å². The van der Waals surface area contributed by atoms with E-state index in [1.54, 1.807) is 33.0 Å². The molecule has 2 aromatic carbocycles. The lowest BCUT2D eigenvalue weighted by Crippen LogP contribution is -2.38. The lowest BCUT2D eigenvalue weighted by atomic mass is 10.0. The Balaban J connectivity index is 2.02. The van der Waals surface area contributed by atoms with E-state index >= 15 is 0 Å². The van der Waals surface area contributed by atoms with Crippen LogP contribution in [0.1, 0.15) is 30.9 Å². The first-order valence-corrected chi connectivity index (χ1v) is 10.9. The molecule has 2 atom stereocenters.